The number of carbonyl (C=O) groups excluding carboxylic acids is 1. The first-order valence-electron chi connectivity index (χ1n) is 13.8. The molecule has 1 saturated heterocycles. The first-order valence-corrected chi connectivity index (χ1v) is 15.2. The number of amides is 1. The van der Waals surface area contributed by atoms with Gasteiger partial charge in [-0.15, -0.1) is 0 Å². The molecule has 37 heavy (non-hydrogen) atoms. The van der Waals surface area contributed by atoms with Crippen LogP contribution in [-0.4, -0.2) is 47.7 Å². The molecule has 2 aliphatic carbocycles. The molecule has 1 amide bonds. The van der Waals surface area contributed by atoms with Crippen molar-refractivity contribution >= 4 is 33.4 Å². The van der Waals surface area contributed by atoms with E-state index in [4.69, 9.17) is 4.98 Å². The van der Waals surface area contributed by atoms with Crippen LogP contribution in [0.25, 0.3) is 0 Å². The minimum atomic E-state index is -3.53. The quantitative estimate of drug-likeness (QED) is 0.578. The van der Waals surface area contributed by atoms with Crippen molar-refractivity contribution in [3.8, 4) is 0 Å². The predicted molar refractivity (Wildman–Crippen MR) is 143 cm³/mol. The molecular weight excluding hydrogens is 486 g/mol. The van der Waals surface area contributed by atoms with Gasteiger partial charge in [-0.25, -0.2) is 13.4 Å². The zero-order valence-corrected chi connectivity index (χ0v) is 22.9. The predicted octanol–water partition coefficient (Wildman–Crippen LogP) is 4.91. The lowest BCUT2D eigenvalue weighted by Crippen LogP contribution is -2.39. The summed E-state index contributed by atoms with van der Waals surface area (Å²) >= 11 is 0. The lowest BCUT2D eigenvalue weighted by molar-refractivity contribution is -0.120. The molecular formula is C28H37N5O3S. The Morgan fingerprint density at radius 2 is 1.78 bits per heavy atom. The molecule has 0 unspecified atom stereocenters. The highest BCUT2D eigenvalue weighted by Crippen LogP contribution is 2.57. The normalized spacial score (nSPS) is 22.3. The van der Waals surface area contributed by atoms with Crippen LogP contribution >= 0.6 is 0 Å². The summed E-state index contributed by atoms with van der Waals surface area (Å²) in [6, 6.07) is 5.42. The van der Waals surface area contributed by atoms with Gasteiger partial charge in [0.2, 0.25) is 21.9 Å². The van der Waals surface area contributed by atoms with Gasteiger partial charge in [-0.2, -0.15) is 9.29 Å². The summed E-state index contributed by atoms with van der Waals surface area (Å²) in [4.78, 5) is 25.0. The highest BCUT2D eigenvalue weighted by molar-refractivity contribution is 7.89. The van der Waals surface area contributed by atoms with Crippen LogP contribution in [0.2, 0.25) is 0 Å². The first-order chi connectivity index (χ1) is 17.7. The van der Waals surface area contributed by atoms with Gasteiger partial charge in [0.05, 0.1) is 10.3 Å². The van der Waals surface area contributed by atoms with E-state index >= 15 is 0 Å². The topological polar surface area (TPSA) is 95.5 Å². The second-order valence-corrected chi connectivity index (χ2v) is 13.7. The molecule has 1 spiro atoms. The number of hydrogen-bond acceptors (Lipinski definition) is 6. The van der Waals surface area contributed by atoms with Crippen LogP contribution < -0.4 is 10.2 Å². The molecule has 2 aliphatic heterocycles. The molecule has 9 heteroatoms. The van der Waals surface area contributed by atoms with E-state index in [9.17, 15) is 13.2 Å². The van der Waals surface area contributed by atoms with Crippen molar-refractivity contribution in [1.82, 2.24) is 14.3 Å². The lowest BCUT2D eigenvalue weighted by atomic mass is 9.87. The van der Waals surface area contributed by atoms with Crippen LogP contribution in [-0.2, 0) is 20.2 Å². The van der Waals surface area contributed by atoms with Crippen molar-refractivity contribution in [2.24, 2.45) is 11.8 Å². The Hall–Kier alpha value is -2.52. The molecule has 1 aromatic heterocycles. The Morgan fingerprint density at radius 1 is 1.08 bits per heavy atom. The summed E-state index contributed by atoms with van der Waals surface area (Å²) in [6.45, 7) is 7.47. The van der Waals surface area contributed by atoms with Gasteiger partial charge in [0.15, 0.2) is 0 Å². The monoisotopic (exact) mass is 523 g/mol. The number of nitrogens with zero attached hydrogens (tertiary/aromatic N) is 4. The van der Waals surface area contributed by atoms with Crippen LogP contribution in [0.15, 0.2) is 29.3 Å². The third-order valence-corrected chi connectivity index (χ3v) is 11.0. The van der Waals surface area contributed by atoms with Gasteiger partial charge in [-0.1, -0.05) is 26.7 Å². The van der Waals surface area contributed by atoms with E-state index in [-0.39, 0.29) is 11.9 Å². The summed E-state index contributed by atoms with van der Waals surface area (Å²) in [5.41, 5.74) is 2.14. The van der Waals surface area contributed by atoms with E-state index in [1.807, 2.05) is 18.0 Å². The van der Waals surface area contributed by atoms with Crippen molar-refractivity contribution in [3.05, 3.63) is 35.5 Å². The van der Waals surface area contributed by atoms with Crippen LogP contribution in [0, 0.1) is 18.8 Å². The van der Waals surface area contributed by atoms with Gasteiger partial charge in [0, 0.05) is 36.6 Å². The molecule has 0 bridgehead atoms. The van der Waals surface area contributed by atoms with Crippen LogP contribution in [0.3, 0.4) is 0 Å². The second-order valence-electron chi connectivity index (χ2n) is 11.7. The number of hydrogen-bond donors (Lipinski definition) is 1. The van der Waals surface area contributed by atoms with Crippen molar-refractivity contribution in [2.75, 3.05) is 23.3 Å². The van der Waals surface area contributed by atoms with E-state index in [2.05, 4.69) is 24.1 Å². The van der Waals surface area contributed by atoms with Crippen LogP contribution in [0.4, 0.5) is 17.5 Å². The highest BCUT2D eigenvalue weighted by atomic mass is 32.2. The van der Waals surface area contributed by atoms with E-state index < -0.39 is 15.4 Å². The van der Waals surface area contributed by atoms with Crippen LogP contribution in [0.5, 0.6) is 0 Å². The van der Waals surface area contributed by atoms with E-state index in [1.54, 1.807) is 22.5 Å². The maximum atomic E-state index is 13.3. The second kappa shape index (κ2) is 9.05. The molecule has 1 aromatic carbocycles. The van der Waals surface area contributed by atoms with Gasteiger partial charge in [0.25, 0.3) is 0 Å². The number of benzene rings is 1. The van der Waals surface area contributed by atoms with Gasteiger partial charge in [-0.3, -0.25) is 9.69 Å². The number of piperidine rings is 1. The average Bonchev–Trinajstić information content (AvgIpc) is 3.45. The third-order valence-electron chi connectivity index (χ3n) is 9.10. The molecule has 0 atom stereocenters. The number of fused-ring (bicyclic) bond motifs is 2. The number of rotatable bonds is 6. The van der Waals surface area contributed by atoms with Crippen molar-refractivity contribution in [3.63, 3.8) is 0 Å². The smallest absolute Gasteiger partial charge is 0.243 e. The number of aryl methyl sites for hydroxylation is 1. The Bertz CT molecular complexity index is 1320. The molecule has 8 nitrogen and oxygen atoms in total. The third kappa shape index (κ3) is 4.14. The van der Waals surface area contributed by atoms with E-state index in [1.165, 1.54) is 0 Å². The Morgan fingerprint density at radius 3 is 2.41 bits per heavy atom. The SMILES string of the molecule is Cc1cc(S(=O)(=O)N2CCC(C(C)C)CC2)ccc1Nc1ncc2c(n1)N(C1CCCC1)C(=O)C21CC1. The van der Waals surface area contributed by atoms with Gasteiger partial charge in [0.1, 0.15) is 5.82 Å². The van der Waals surface area contributed by atoms with E-state index in [0.717, 1.165) is 74.0 Å². The molecule has 198 valence electrons. The molecule has 6 rings (SSSR count). The standard InChI is InChI=1S/C28H37N5O3S/c1-18(2)20-10-14-32(15-11-20)37(35,36)22-8-9-24(19(3)16-22)30-27-29-17-23-25(31-27)33(21-6-4-5-7-21)26(34)28(23)12-13-28/h8-9,16-18,20-21H,4-7,10-15H2,1-3H3,(H,29,30,31). The lowest BCUT2D eigenvalue weighted by Gasteiger charge is -2.33. The fraction of sp³-hybridized carbons (Fsp3) is 0.607. The molecule has 2 aromatic rings. The zero-order chi connectivity index (χ0) is 25.9. The summed E-state index contributed by atoms with van der Waals surface area (Å²) in [5, 5.41) is 3.28. The van der Waals surface area contributed by atoms with Gasteiger partial charge in [-0.05, 0) is 81.0 Å². The van der Waals surface area contributed by atoms with Crippen molar-refractivity contribution in [1.29, 1.82) is 0 Å². The Kier molecular flexibility index (Phi) is 6.06. The van der Waals surface area contributed by atoms with E-state index in [0.29, 0.717) is 35.8 Å². The fourth-order valence-electron chi connectivity index (χ4n) is 6.49. The average molecular weight is 524 g/mol. The number of aromatic nitrogens is 2. The summed E-state index contributed by atoms with van der Waals surface area (Å²) < 4.78 is 28.3. The fourth-order valence-corrected chi connectivity index (χ4v) is 8.05. The largest absolute Gasteiger partial charge is 0.324 e. The van der Waals surface area contributed by atoms with Crippen LogP contribution in [0.1, 0.15) is 76.3 Å². The zero-order valence-electron chi connectivity index (χ0n) is 22.0. The number of anilines is 3. The summed E-state index contributed by atoms with van der Waals surface area (Å²) in [5.74, 6) is 2.55. The first kappa shape index (κ1) is 24.8. The number of nitrogens with one attached hydrogen (secondary N) is 1. The number of carbonyl (C=O) groups is 1. The molecule has 1 N–H and O–H groups in total. The Labute approximate surface area is 219 Å². The summed E-state index contributed by atoms with van der Waals surface area (Å²) in [6.07, 6.45) is 9.74. The minimum absolute atomic E-state index is 0.198. The molecule has 4 aliphatic rings. The Balaban J connectivity index is 1.22. The maximum Gasteiger partial charge on any atom is 0.243 e. The minimum Gasteiger partial charge on any atom is -0.324 e. The molecule has 2 saturated carbocycles. The molecule has 3 heterocycles. The number of sulfonamides is 1. The van der Waals surface area contributed by atoms with Gasteiger partial charge < -0.3 is 5.32 Å². The van der Waals surface area contributed by atoms with Crippen molar-refractivity contribution in [2.45, 2.75) is 88.5 Å². The highest BCUT2D eigenvalue weighted by Gasteiger charge is 2.61. The summed E-state index contributed by atoms with van der Waals surface area (Å²) in [7, 11) is -3.53. The van der Waals surface area contributed by atoms with Crippen molar-refractivity contribution < 1.29 is 13.2 Å². The maximum absolute atomic E-state index is 13.3. The molecule has 3 fully saturated rings. The molecule has 0 radical (unpaired) electrons. The van der Waals surface area contributed by atoms with Gasteiger partial charge >= 0.3 is 0 Å².